The second kappa shape index (κ2) is 4.69. The first kappa shape index (κ1) is 11.8. The smallest absolute Gasteiger partial charge is 0.298 e. The van der Waals surface area contributed by atoms with Gasteiger partial charge in [0.25, 0.3) is 5.91 Å². The molecule has 1 unspecified atom stereocenters. The van der Waals surface area contributed by atoms with E-state index in [4.69, 9.17) is 4.74 Å². The van der Waals surface area contributed by atoms with Crippen LogP contribution in [-0.2, 0) is 15.4 Å². The molecule has 1 N–H and O–H groups in total. The highest BCUT2D eigenvalue weighted by Gasteiger charge is 2.40. The van der Waals surface area contributed by atoms with Gasteiger partial charge in [0.1, 0.15) is 12.0 Å². The third kappa shape index (κ3) is 2.23. The first-order chi connectivity index (χ1) is 8.16. The van der Waals surface area contributed by atoms with Crippen molar-refractivity contribution in [1.82, 2.24) is 4.90 Å². The molecule has 1 atom stereocenters. The fourth-order valence-corrected chi connectivity index (χ4v) is 1.87. The van der Waals surface area contributed by atoms with E-state index in [1.165, 1.54) is 6.08 Å². The summed E-state index contributed by atoms with van der Waals surface area (Å²) in [6, 6.07) is 9.13. The van der Waals surface area contributed by atoms with Crippen molar-refractivity contribution in [3.05, 3.63) is 47.7 Å². The molecule has 1 aliphatic rings. The maximum atomic E-state index is 10.6. The predicted octanol–water partition coefficient (Wildman–Crippen LogP) is 1.22. The molecular weight excluding hydrogens is 218 g/mol. The van der Waals surface area contributed by atoms with Gasteiger partial charge in [0.2, 0.25) is 0 Å². The first-order valence-corrected chi connectivity index (χ1v) is 5.49. The SMILES string of the molecule is CN1CC/C(=C\C=O)OC1(O)c1ccccc1. The minimum absolute atomic E-state index is 0.504. The highest BCUT2D eigenvalue weighted by Crippen LogP contribution is 2.33. The second-order valence-corrected chi connectivity index (χ2v) is 4.02. The molecule has 1 aliphatic heterocycles. The Morgan fingerprint density at radius 3 is 2.76 bits per heavy atom. The van der Waals surface area contributed by atoms with E-state index in [1.54, 1.807) is 24.1 Å². The summed E-state index contributed by atoms with van der Waals surface area (Å²) in [5.74, 6) is -0.988. The zero-order valence-electron chi connectivity index (χ0n) is 9.67. The minimum Gasteiger partial charge on any atom is -0.449 e. The van der Waals surface area contributed by atoms with Crippen molar-refractivity contribution in [3.8, 4) is 0 Å². The van der Waals surface area contributed by atoms with Crippen molar-refractivity contribution in [2.24, 2.45) is 0 Å². The van der Waals surface area contributed by atoms with Gasteiger partial charge >= 0.3 is 0 Å². The Balaban J connectivity index is 2.33. The molecule has 0 saturated carbocycles. The van der Waals surface area contributed by atoms with Crippen molar-refractivity contribution in [2.75, 3.05) is 13.6 Å². The van der Waals surface area contributed by atoms with Gasteiger partial charge in [0.05, 0.1) is 0 Å². The fourth-order valence-electron chi connectivity index (χ4n) is 1.87. The Labute approximate surface area is 100 Å². The third-order valence-electron chi connectivity index (χ3n) is 2.89. The normalized spacial score (nSPS) is 27.8. The number of carbonyl (C=O) groups excluding carboxylic acids is 1. The lowest BCUT2D eigenvalue weighted by Crippen LogP contribution is -2.49. The van der Waals surface area contributed by atoms with Crippen LogP contribution >= 0.6 is 0 Å². The van der Waals surface area contributed by atoms with E-state index < -0.39 is 5.91 Å². The average Bonchev–Trinajstić information content (AvgIpc) is 2.35. The molecular formula is C13H15NO3. The van der Waals surface area contributed by atoms with Crippen LogP contribution in [0.3, 0.4) is 0 Å². The van der Waals surface area contributed by atoms with Crippen molar-refractivity contribution in [3.63, 3.8) is 0 Å². The molecule has 0 aliphatic carbocycles. The van der Waals surface area contributed by atoms with Gasteiger partial charge in [0, 0.05) is 24.6 Å². The maximum absolute atomic E-state index is 10.6. The largest absolute Gasteiger partial charge is 0.449 e. The van der Waals surface area contributed by atoms with Gasteiger partial charge in [-0.1, -0.05) is 30.3 Å². The van der Waals surface area contributed by atoms with Gasteiger partial charge in [-0.15, -0.1) is 0 Å². The van der Waals surface area contributed by atoms with E-state index >= 15 is 0 Å². The molecule has 1 saturated heterocycles. The number of aliphatic hydroxyl groups is 1. The molecule has 0 spiro atoms. The number of allylic oxidation sites excluding steroid dienone is 1. The monoisotopic (exact) mass is 233 g/mol. The van der Waals surface area contributed by atoms with Gasteiger partial charge in [-0.05, 0) is 7.05 Å². The van der Waals surface area contributed by atoms with Crippen LogP contribution in [0.4, 0.5) is 0 Å². The number of aldehydes is 1. The van der Waals surface area contributed by atoms with Gasteiger partial charge in [-0.25, -0.2) is 4.90 Å². The summed E-state index contributed by atoms with van der Waals surface area (Å²) in [5, 5.41) is 10.6. The van der Waals surface area contributed by atoms with Crippen LogP contribution < -0.4 is 0 Å². The van der Waals surface area contributed by atoms with Crippen LogP contribution in [0.25, 0.3) is 0 Å². The van der Waals surface area contributed by atoms with Crippen LogP contribution in [0.1, 0.15) is 12.0 Å². The minimum atomic E-state index is -1.49. The summed E-state index contributed by atoms with van der Waals surface area (Å²) in [4.78, 5) is 12.2. The first-order valence-electron chi connectivity index (χ1n) is 5.49. The second-order valence-electron chi connectivity index (χ2n) is 4.02. The summed E-state index contributed by atoms with van der Waals surface area (Å²) in [5.41, 5.74) is 0.652. The van der Waals surface area contributed by atoms with Crippen molar-refractivity contribution >= 4 is 6.29 Å². The fraction of sp³-hybridized carbons (Fsp3) is 0.308. The Kier molecular flexibility index (Phi) is 3.26. The highest BCUT2D eigenvalue weighted by atomic mass is 16.7. The number of ether oxygens (including phenoxy) is 1. The van der Waals surface area contributed by atoms with E-state index in [0.29, 0.717) is 30.6 Å². The lowest BCUT2D eigenvalue weighted by Gasteiger charge is -2.41. The Morgan fingerprint density at radius 1 is 1.41 bits per heavy atom. The molecule has 1 aromatic carbocycles. The van der Waals surface area contributed by atoms with Gasteiger partial charge in [-0.2, -0.15) is 0 Å². The van der Waals surface area contributed by atoms with Crippen LogP contribution in [0.15, 0.2) is 42.2 Å². The number of rotatable bonds is 2. The summed E-state index contributed by atoms with van der Waals surface area (Å²) in [6.07, 6.45) is 2.64. The predicted molar refractivity (Wildman–Crippen MR) is 62.8 cm³/mol. The van der Waals surface area contributed by atoms with Crippen molar-refractivity contribution in [1.29, 1.82) is 0 Å². The molecule has 0 bridgehead atoms. The molecule has 4 heteroatoms. The number of carbonyl (C=O) groups is 1. The molecule has 0 amide bonds. The lowest BCUT2D eigenvalue weighted by molar-refractivity contribution is -0.294. The number of nitrogens with zero attached hydrogens (tertiary/aromatic N) is 1. The lowest BCUT2D eigenvalue weighted by atomic mass is 10.1. The highest BCUT2D eigenvalue weighted by molar-refractivity contribution is 5.65. The third-order valence-corrected chi connectivity index (χ3v) is 2.89. The van der Waals surface area contributed by atoms with Gasteiger partial charge in [0.15, 0.2) is 0 Å². The Morgan fingerprint density at radius 2 is 2.12 bits per heavy atom. The van der Waals surface area contributed by atoms with Crippen molar-refractivity contribution < 1.29 is 14.6 Å². The quantitative estimate of drug-likeness (QED) is 0.616. The molecule has 0 aromatic heterocycles. The van der Waals surface area contributed by atoms with Crippen LogP contribution in [0, 0.1) is 0 Å². The average molecular weight is 233 g/mol. The van der Waals surface area contributed by atoms with E-state index in [0.717, 1.165) is 0 Å². The Hall–Kier alpha value is -1.65. The standard InChI is InChI=1S/C13H15NO3/c1-14-9-7-12(8-10-15)17-13(14,16)11-5-3-2-4-6-11/h2-6,8,10,16H,7,9H2,1H3/b12-8+. The van der Waals surface area contributed by atoms with Gasteiger partial charge in [-0.3, -0.25) is 4.79 Å². The van der Waals surface area contributed by atoms with E-state index in [9.17, 15) is 9.90 Å². The van der Waals surface area contributed by atoms with E-state index in [-0.39, 0.29) is 0 Å². The summed E-state index contributed by atoms with van der Waals surface area (Å²) < 4.78 is 5.52. The zero-order valence-corrected chi connectivity index (χ0v) is 9.67. The maximum Gasteiger partial charge on any atom is 0.298 e. The molecule has 0 radical (unpaired) electrons. The number of hydrogen-bond donors (Lipinski definition) is 1. The van der Waals surface area contributed by atoms with Gasteiger partial charge < -0.3 is 9.84 Å². The topological polar surface area (TPSA) is 49.8 Å². The van der Waals surface area contributed by atoms with Crippen LogP contribution in [0.5, 0.6) is 0 Å². The molecule has 2 rings (SSSR count). The molecule has 90 valence electrons. The molecule has 1 heterocycles. The van der Waals surface area contributed by atoms with E-state index in [2.05, 4.69) is 0 Å². The van der Waals surface area contributed by atoms with Crippen LogP contribution in [0.2, 0.25) is 0 Å². The summed E-state index contributed by atoms with van der Waals surface area (Å²) in [7, 11) is 1.78. The summed E-state index contributed by atoms with van der Waals surface area (Å²) >= 11 is 0. The van der Waals surface area contributed by atoms with E-state index in [1.807, 2.05) is 18.2 Å². The van der Waals surface area contributed by atoms with Crippen LogP contribution in [-0.4, -0.2) is 29.9 Å². The molecule has 17 heavy (non-hydrogen) atoms. The van der Waals surface area contributed by atoms with Crippen molar-refractivity contribution in [2.45, 2.75) is 12.3 Å². The molecule has 1 aromatic rings. The zero-order chi connectivity index (χ0) is 12.3. The Bertz CT molecular complexity index is 430. The number of hydrogen-bond acceptors (Lipinski definition) is 4. The molecule has 1 fully saturated rings. The summed E-state index contributed by atoms with van der Waals surface area (Å²) in [6.45, 7) is 0.630. The number of benzene rings is 1. The molecule has 4 nitrogen and oxygen atoms in total.